The first kappa shape index (κ1) is 16.8. The van der Waals surface area contributed by atoms with E-state index >= 15 is 0 Å². The van der Waals surface area contributed by atoms with Gasteiger partial charge in [0.15, 0.2) is 11.6 Å². The van der Waals surface area contributed by atoms with Crippen molar-refractivity contribution in [2.24, 2.45) is 5.10 Å². The molecule has 1 heterocycles. The number of nitrogens with zero attached hydrogens (tertiary/aromatic N) is 2. The standard InChI is InChI=1S/C18H15N3O3S/c1-11-3-5-13(6-4-11)21-12(2)10-25-18(21)20-19-17(24)15-9-14(22)7-8-16(15)23/h3-10H,1-2H3,(H,19,24)/b20-18+. The van der Waals surface area contributed by atoms with Crippen LogP contribution in [0.2, 0.25) is 0 Å². The molecule has 0 radical (unpaired) electrons. The zero-order valence-corrected chi connectivity index (χ0v) is 14.5. The zero-order chi connectivity index (χ0) is 18.0. The van der Waals surface area contributed by atoms with Crippen molar-refractivity contribution < 1.29 is 14.4 Å². The predicted octanol–water partition coefficient (Wildman–Crippen LogP) is 1.72. The summed E-state index contributed by atoms with van der Waals surface area (Å²) in [6.07, 6.45) is 3.23. The highest BCUT2D eigenvalue weighted by Gasteiger charge is 2.20. The lowest BCUT2D eigenvalue weighted by atomic mass is 10.0. The van der Waals surface area contributed by atoms with Crippen molar-refractivity contribution >= 4 is 28.8 Å². The number of thiazole rings is 1. The van der Waals surface area contributed by atoms with E-state index in [1.54, 1.807) is 0 Å². The number of ketones is 2. The Morgan fingerprint density at radius 1 is 1.12 bits per heavy atom. The van der Waals surface area contributed by atoms with Crippen molar-refractivity contribution in [2.75, 3.05) is 0 Å². The van der Waals surface area contributed by atoms with Gasteiger partial charge in [0, 0.05) is 22.8 Å². The number of hydrogen-bond acceptors (Lipinski definition) is 5. The van der Waals surface area contributed by atoms with E-state index in [1.165, 1.54) is 11.3 Å². The first-order valence-corrected chi connectivity index (χ1v) is 8.40. The van der Waals surface area contributed by atoms with Crippen LogP contribution in [-0.4, -0.2) is 22.0 Å². The van der Waals surface area contributed by atoms with Crippen molar-refractivity contribution in [3.05, 3.63) is 69.5 Å². The fraction of sp³-hybridized carbons (Fsp3) is 0.111. The van der Waals surface area contributed by atoms with Crippen LogP contribution in [0.15, 0.2) is 58.5 Å². The van der Waals surface area contributed by atoms with E-state index in [-0.39, 0.29) is 5.57 Å². The van der Waals surface area contributed by atoms with Gasteiger partial charge in [-0.05, 0) is 38.1 Å². The molecule has 1 aromatic heterocycles. The van der Waals surface area contributed by atoms with Crippen molar-refractivity contribution in [1.82, 2.24) is 9.99 Å². The summed E-state index contributed by atoms with van der Waals surface area (Å²) >= 11 is 1.36. The summed E-state index contributed by atoms with van der Waals surface area (Å²) in [5.74, 6) is -1.61. The van der Waals surface area contributed by atoms with Gasteiger partial charge < -0.3 is 0 Å². The van der Waals surface area contributed by atoms with Gasteiger partial charge in [-0.25, -0.2) is 5.43 Å². The Bertz CT molecular complexity index is 991. The fourth-order valence-corrected chi connectivity index (χ4v) is 3.16. The molecular formula is C18H15N3O3S. The van der Waals surface area contributed by atoms with Gasteiger partial charge >= 0.3 is 0 Å². The molecule has 0 atom stereocenters. The topological polar surface area (TPSA) is 80.5 Å². The third kappa shape index (κ3) is 3.56. The SMILES string of the molecule is Cc1ccc(-n2c(C)cs/c2=N/NC(=O)C2=CC(=O)C=CC2=O)cc1. The van der Waals surface area contributed by atoms with Gasteiger partial charge in [-0.2, -0.15) is 0 Å². The molecule has 2 aromatic rings. The van der Waals surface area contributed by atoms with Gasteiger partial charge in [0.05, 0.1) is 5.57 Å². The van der Waals surface area contributed by atoms with Crippen LogP contribution in [-0.2, 0) is 14.4 Å². The lowest BCUT2D eigenvalue weighted by Crippen LogP contribution is -2.29. The van der Waals surface area contributed by atoms with Crippen LogP contribution >= 0.6 is 11.3 Å². The average molecular weight is 353 g/mol. The maximum absolute atomic E-state index is 12.1. The Kier molecular flexibility index (Phi) is 4.58. The molecule has 0 saturated heterocycles. The number of aromatic nitrogens is 1. The summed E-state index contributed by atoms with van der Waals surface area (Å²) in [5.41, 5.74) is 5.17. The molecule has 7 heteroatoms. The van der Waals surface area contributed by atoms with Crippen LogP contribution in [0.3, 0.4) is 0 Å². The number of benzene rings is 1. The van der Waals surface area contributed by atoms with Crippen LogP contribution < -0.4 is 10.2 Å². The van der Waals surface area contributed by atoms with Gasteiger partial charge in [-0.1, -0.05) is 17.7 Å². The van der Waals surface area contributed by atoms with E-state index in [1.807, 2.05) is 48.1 Å². The summed E-state index contributed by atoms with van der Waals surface area (Å²) in [6.45, 7) is 3.94. The molecule has 1 aliphatic carbocycles. The first-order chi connectivity index (χ1) is 12.0. The van der Waals surface area contributed by atoms with Crippen LogP contribution in [0.25, 0.3) is 5.69 Å². The van der Waals surface area contributed by atoms with Crippen LogP contribution in [0.1, 0.15) is 11.3 Å². The summed E-state index contributed by atoms with van der Waals surface area (Å²) < 4.78 is 1.90. The van der Waals surface area contributed by atoms with E-state index in [9.17, 15) is 14.4 Å². The molecule has 1 aliphatic rings. The molecule has 0 unspecified atom stereocenters. The molecule has 6 nitrogen and oxygen atoms in total. The van der Waals surface area contributed by atoms with E-state index in [0.717, 1.165) is 35.2 Å². The zero-order valence-electron chi connectivity index (χ0n) is 13.6. The molecule has 3 rings (SSSR count). The van der Waals surface area contributed by atoms with Crippen molar-refractivity contribution in [3.8, 4) is 5.69 Å². The summed E-state index contributed by atoms with van der Waals surface area (Å²) in [4.78, 5) is 35.7. The fourth-order valence-electron chi connectivity index (χ4n) is 2.32. The van der Waals surface area contributed by atoms with Crippen molar-refractivity contribution in [3.63, 3.8) is 0 Å². The molecule has 25 heavy (non-hydrogen) atoms. The largest absolute Gasteiger partial charge is 0.290 e. The molecule has 126 valence electrons. The summed E-state index contributed by atoms with van der Waals surface area (Å²) in [6, 6.07) is 7.91. The Balaban J connectivity index is 1.90. The Morgan fingerprint density at radius 2 is 1.84 bits per heavy atom. The molecule has 0 fully saturated rings. The van der Waals surface area contributed by atoms with Crippen LogP contribution in [0, 0.1) is 13.8 Å². The van der Waals surface area contributed by atoms with E-state index in [4.69, 9.17) is 0 Å². The Labute approximate surface area is 147 Å². The molecular weight excluding hydrogens is 338 g/mol. The third-order valence-corrected chi connectivity index (χ3v) is 4.56. The lowest BCUT2D eigenvalue weighted by molar-refractivity contribution is -0.122. The third-order valence-electron chi connectivity index (χ3n) is 3.62. The van der Waals surface area contributed by atoms with Gasteiger partial charge in [-0.15, -0.1) is 16.4 Å². The minimum absolute atomic E-state index is 0.216. The monoisotopic (exact) mass is 353 g/mol. The molecule has 0 bridgehead atoms. The van der Waals surface area contributed by atoms with Gasteiger partial charge in [0.1, 0.15) is 0 Å². The minimum atomic E-state index is -0.704. The number of hydrogen-bond donors (Lipinski definition) is 1. The molecule has 1 amide bonds. The van der Waals surface area contributed by atoms with E-state index in [0.29, 0.717) is 4.80 Å². The van der Waals surface area contributed by atoms with Crippen LogP contribution in [0.4, 0.5) is 0 Å². The summed E-state index contributed by atoms with van der Waals surface area (Å²) in [7, 11) is 0. The molecule has 1 N–H and O–H groups in total. The van der Waals surface area contributed by atoms with Crippen molar-refractivity contribution in [1.29, 1.82) is 0 Å². The maximum Gasteiger partial charge on any atom is 0.275 e. The highest BCUT2D eigenvalue weighted by atomic mass is 32.1. The number of amides is 1. The van der Waals surface area contributed by atoms with E-state index < -0.39 is 17.5 Å². The lowest BCUT2D eigenvalue weighted by Gasteiger charge is -2.07. The van der Waals surface area contributed by atoms with Crippen molar-refractivity contribution in [2.45, 2.75) is 13.8 Å². The Morgan fingerprint density at radius 3 is 2.56 bits per heavy atom. The van der Waals surface area contributed by atoms with E-state index in [2.05, 4.69) is 10.5 Å². The average Bonchev–Trinajstić information content (AvgIpc) is 2.96. The number of nitrogens with one attached hydrogen (secondary N) is 1. The number of allylic oxidation sites excluding steroid dienone is 3. The normalized spacial score (nSPS) is 14.6. The highest BCUT2D eigenvalue weighted by Crippen LogP contribution is 2.12. The second-order valence-electron chi connectivity index (χ2n) is 5.54. The smallest absolute Gasteiger partial charge is 0.275 e. The molecule has 0 saturated carbocycles. The maximum atomic E-state index is 12.1. The quantitative estimate of drug-likeness (QED) is 0.518. The van der Waals surface area contributed by atoms with Gasteiger partial charge in [0.25, 0.3) is 5.91 Å². The first-order valence-electron chi connectivity index (χ1n) is 7.52. The second kappa shape index (κ2) is 6.82. The van der Waals surface area contributed by atoms with Gasteiger partial charge in [0.2, 0.25) is 4.80 Å². The minimum Gasteiger partial charge on any atom is -0.290 e. The van der Waals surface area contributed by atoms with Crippen LogP contribution in [0.5, 0.6) is 0 Å². The molecule has 0 spiro atoms. The predicted molar refractivity (Wildman–Crippen MR) is 94.1 cm³/mol. The molecule has 1 aromatic carbocycles. The molecule has 0 aliphatic heterocycles. The number of carbonyl (C=O) groups is 3. The highest BCUT2D eigenvalue weighted by molar-refractivity contribution is 7.07. The summed E-state index contributed by atoms with van der Waals surface area (Å²) in [5, 5.41) is 6.03. The number of carbonyl (C=O) groups excluding carboxylic acids is 3. The number of aryl methyl sites for hydroxylation is 2. The number of rotatable bonds is 3. The Hall–Kier alpha value is -3.06. The van der Waals surface area contributed by atoms with Gasteiger partial charge in [-0.3, -0.25) is 19.0 Å². The second-order valence-corrected chi connectivity index (χ2v) is 6.38.